The summed E-state index contributed by atoms with van der Waals surface area (Å²) < 4.78 is 33.4. The van der Waals surface area contributed by atoms with Gasteiger partial charge in [0.2, 0.25) is 0 Å². The maximum atomic E-state index is 5.71. The van der Waals surface area contributed by atoms with Gasteiger partial charge in [-0.1, -0.05) is 15.9 Å². The molecule has 3 saturated heterocycles. The van der Waals surface area contributed by atoms with Crippen LogP contribution in [0, 0.1) is 0 Å². The molecule has 0 radical (unpaired) electrons. The Hall–Kier alpha value is 0.650. The Morgan fingerprint density at radius 2 is 1.00 bits per heavy atom. The van der Waals surface area contributed by atoms with Gasteiger partial charge in [-0.25, -0.2) is 18.8 Å². The highest BCUT2D eigenvalue weighted by Gasteiger charge is 2.42. The van der Waals surface area contributed by atoms with Crippen LogP contribution in [-0.2, 0) is 14.2 Å². The van der Waals surface area contributed by atoms with E-state index >= 15 is 0 Å². The SMILES string of the molecule is Brc1cc(Br)c(N=P(N2CCOCC2)(N2CCOCC2)N2CCOCC2)c(Br)c1. The molecule has 4 rings (SSSR count). The van der Waals surface area contributed by atoms with Crippen molar-refractivity contribution in [2.24, 2.45) is 4.74 Å². The molecule has 1 aromatic rings. The average molecular weight is 617 g/mol. The molecule has 29 heavy (non-hydrogen) atoms. The summed E-state index contributed by atoms with van der Waals surface area (Å²) in [6.45, 7) is 9.79. The number of hydrogen-bond donors (Lipinski definition) is 0. The standard InChI is InChI=1S/C18H26Br3N4O3P/c19-15-13-16(20)18(17(21)14-15)22-29(23-1-7-26-8-2-23,24-3-9-27-10-4-24)25-5-11-28-12-6-25/h13-14H,1-12H2. The number of morpholine rings is 3. The Balaban J connectivity index is 1.90. The van der Waals surface area contributed by atoms with E-state index in [9.17, 15) is 0 Å². The lowest BCUT2D eigenvalue weighted by atomic mass is 10.3. The number of nitrogens with zero attached hydrogens (tertiary/aromatic N) is 4. The number of hydrogen-bond acceptors (Lipinski definition) is 4. The first kappa shape index (κ1) is 22.8. The zero-order valence-corrected chi connectivity index (χ0v) is 21.9. The minimum atomic E-state index is -2.20. The summed E-state index contributed by atoms with van der Waals surface area (Å²) in [5, 5.41) is 0. The monoisotopic (exact) mass is 614 g/mol. The van der Waals surface area contributed by atoms with Crippen molar-refractivity contribution in [3.63, 3.8) is 0 Å². The normalized spacial score (nSPS) is 23.3. The van der Waals surface area contributed by atoms with E-state index < -0.39 is 7.51 Å². The Labute approximate surface area is 197 Å². The van der Waals surface area contributed by atoms with Gasteiger partial charge in [-0.3, -0.25) is 0 Å². The molecular weight excluding hydrogens is 591 g/mol. The van der Waals surface area contributed by atoms with Crippen molar-refractivity contribution in [3.05, 3.63) is 25.6 Å². The second kappa shape index (κ2) is 10.5. The number of rotatable bonds is 4. The maximum Gasteiger partial charge on any atom is 0.173 e. The van der Waals surface area contributed by atoms with Crippen LogP contribution in [0.15, 0.2) is 30.3 Å². The average Bonchev–Trinajstić information content (AvgIpc) is 2.75. The fourth-order valence-corrected chi connectivity index (χ4v) is 10.7. The van der Waals surface area contributed by atoms with Gasteiger partial charge in [0.25, 0.3) is 0 Å². The third kappa shape index (κ3) is 5.02. The molecule has 0 N–H and O–H groups in total. The van der Waals surface area contributed by atoms with E-state index in [2.05, 4.69) is 73.9 Å². The Kier molecular flexibility index (Phi) is 8.27. The van der Waals surface area contributed by atoms with Crippen molar-refractivity contribution in [3.8, 4) is 0 Å². The van der Waals surface area contributed by atoms with E-state index in [0.29, 0.717) is 0 Å². The van der Waals surface area contributed by atoms with Gasteiger partial charge in [-0.15, -0.1) is 0 Å². The number of benzene rings is 1. The molecule has 0 saturated carbocycles. The van der Waals surface area contributed by atoms with Gasteiger partial charge in [-0.2, -0.15) is 0 Å². The molecule has 3 aliphatic heterocycles. The lowest BCUT2D eigenvalue weighted by Crippen LogP contribution is -2.50. The largest absolute Gasteiger partial charge is 0.379 e. The van der Waals surface area contributed by atoms with E-state index in [1.807, 2.05) is 0 Å². The molecule has 0 aromatic heterocycles. The molecule has 0 spiro atoms. The Bertz CT molecular complexity index is 691. The zero-order valence-electron chi connectivity index (χ0n) is 16.2. The van der Waals surface area contributed by atoms with Crippen LogP contribution in [0.3, 0.4) is 0 Å². The summed E-state index contributed by atoms with van der Waals surface area (Å²) in [5.74, 6) is 0. The predicted molar refractivity (Wildman–Crippen MR) is 126 cm³/mol. The van der Waals surface area contributed by atoms with Crippen molar-refractivity contribution in [2.45, 2.75) is 0 Å². The third-order valence-corrected chi connectivity index (χ3v) is 10.9. The highest BCUT2D eigenvalue weighted by molar-refractivity contribution is 9.11. The quantitative estimate of drug-likeness (QED) is 0.463. The van der Waals surface area contributed by atoms with Crippen LogP contribution in [-0.4, -0.2) is 92.9 Å². The van der Waals surface area contributed by atoms with Gasteiger partial charge in [0.15, 0.2) is 7.51 Å². The molecular formula is C18H26Br3N4O3P. The summed E-state index contributed by atoms with van der Waals surface area (Å²) >= 11 is 11.1. The van der Waals surface area contributed by atoms with Gasteiger partial charge in [0.05, 0.1) is 45.3 Å². The molecule has 3 fully saturated rings. The van der Waals surface area contributed by atoms with Gasteiger partial charge in [0, 0.05) is 52.7 Å². The topological polar surface area (TPSA) is 49.8 Å². The summed E-state index contributed by atoms with van der Waals surface area (Å²) in [6.07, 6.45) is 0. The van der Waals surface area contributed by atoms with Gasteiger partial charge >= 0.3 is 0 Å². The molecule has 3 heterocycles. The van der Waals surface area contributed by atoms with Gasteiger partial charge in [0.1, 0.15) is 0 Å². The predicted octanol–water partition coefficient (Wildman–Crippen LogP) is 4.55. The maximum absolute atomic E-state index is 5.71. The van der Waals surface area contributed by atoms with Crippen molar-refractivity contribution in [1.29, 1.82) is 0 Å². The Morgan fingerprint density at radius 1 is 0.655 bits per heavy atom. The van der Waals surface area contributed by atoms with Crippen LogP contribution < -0.4 is 0 Å². The lowest BCUT2D eigenvalue weighted by molar-refractivity contribution is 0.0375. The molecule has 0 amide bonds. The van der Waals surface area contributed by atoms with Crippen molar-refractivity contribution >= 4 is 61.0 Å². The highest BCUT2D eigenvalue weighted by atomic mass is 79.9. The Morgan fingerprint density at radius 3 is 1.34 bits per heavy atom. The van der Waals surface area contributed by atoms with E-state index in [4.69, 9.17) is 19.0 Å². The summed E-state index contributed by atoms with van der Waals surface area (Å²) in [7, 11) is -2.20. The van der Waals surface area contributed by atoms with E-state index in [1.54, 1.807) is 0 Å². The summed E-state index contributed by atoms with van der Waals surface area (Å²) in [4.78, 5) is 0. The summed E-state index contributed by atoms with van der Waals surface area (Å²) in [6, 6.07) is 4.13. The second-order valence-electron chi connectivity index (χ2n) is 7.05. The van der Waals surface area contributed by atoms with Crippen molar-refractivity contribution < 1.29 is 14.2 Å². The molecule has 7 nitrogen and oxygen atoms in total. The smallest absolute Gasteiger partial charge is 0.173 e. The van der Waals surface area contributed by atoms with E-state index in [-0.39, 0.29) is 0 Å². The molecule has 162 valence electrons. The van der Waals surface area contributed by atoms with Crippen molar-refractivity contribution in [2.75, 3.05) is 78.9 Å². The van der Waals surface area contributed by atoms with E-state index in [1.165, 1.54) is 0 Å². The summed E-state index contributed by atoms with van der Waals surface area (Å²) in [5.41, 5.74) is 0.964. The van der Waals surface area contributed by atoms with Crippen LogP contribution in [0.5, 0.6) is 0 Å². The van der Waals surface area contributed by atoms with Gasteiger partial charge < -0.3 is 14.2 Å². The van der Waals surface area contributed by atoms with Crippen LogP contribution in [0.1, 0.15) is 0 Å². The molecule has 0 aliphatic carbocycles. The third-order valence-electron chi connectivity index (χ3n) is 5.32. The fourth-order valence-electron chi connectivity index (χ4n) is 3.96. The van der Waals surface area contributed by atoms with Crippen LogP contribution in [0.4, 0.5) is 5.69 Å². The number of ether oxygens (including phenoxy) is 3. The molecule has 0 unspecified atom stereocenters. The van der Waals surface area contributed by atoms with Crippen LogP contribution in [0.25, 0.3) is 0 Å². The first-order valence-electron chi connectivity index (χ1n) is 9.87. The van der Waals surface area contributed by atoms with Gasteiger partial charge in [-0.05, 0) is 44.0 Å². The zero-order chi connectivity index (χ0) is 20.3. The van der Waals surface area contributed by atoms with Crippen LogP contribution >= 0.6 is 55.3 Å². The molecule has 3 aliphatic rings. The van der Waals surface area contributed by atoms with Crippen LogP contribution in [0.2, 0.25) is 0 Å². The minimum Gasteiger partial charge on any atom is -0.379 e. The lowest BCUT2D eigenvalue weighted by Gasteiger charge is -2.52. The molecule has 11 heteroatoms. The molecule has 0 atom stereocenters. The first-order valence-corrected chi connectivity index (χ1v) is 13.9. The highest BCUT2D eigenvalue weighted by Crippen LogP contribution is 2.63. The number of halogens is 3. The minimum absolute atomic E-state index is 0.745. The molecule has 1 aromatic carbocycles. The second-order valence-corrected chi connectivity index (χ2v) is 12.6. The fraction of sp³-hybridized carbons (Fsp3) is 0.667. The van der Waals surface area contributed by atoms with Crippen molar-refractivity contribution in [1.82, 2.24) is 14.0 Å². The van der Waals surface area contributed by atoms with E-state index in [0.717, 1.165) is 98.0 Å². The first-order chi connectivity index (χ1) is 14.1. The molecule has 0 bridgehead atoms.